The molecule has 0 atom stereocenters. The summed E-state index contributed by atoms with van der Waals surface area (Å²) < 4.78 is 0. The van der Waals surface area contributed by atoms with E-state index in [1.807, 2.05) is 30.3 Å². The number of nitrogen functional groups attached to an aromatic ring is 1. The van der Waals surface area contributed by atoms with Crippen LogP contribution in [0.1, 0.15) is 0 Å². The summed E-state index contributed by atoms with van der Waals surface area (Å²) in [6.45, 7) is 0. The van der Waals surface area contributed by atoms with Crippen LogP contribution in [0.2, 0.25) is 10.0 Å². The Labute approximate surface area is 125 Å². The number of hydrogen-bond acceptors (Lipinski definition) is 3. The number of H-pyrrole nitrogens is 1. The number of nitrogens with two attached hydrogens (primary N) is 1. The Balaban J connectivity index is 2.03. The Kier molecular flexibility index (Phi) is 3.34. The summed E-state index contributed by atoms with van der Waals surface area (Å²) in [7, 11) is 0. The molecule has 20 heavy (non-hydrogen) atoms. The Morgan fingerprint density at radius 3 is 2.25 bits per heavy atom. The molecule has 6 heteroatoms. The van der Waals surface area contributed by atoms with Gasteiger partial charge in [-0.25, -0.2) is 4.98 Å². The van der Waals surface area contributed by atoms with Gasteiger partial charge in [-0.1, -0.05) is 53.5 Å². The molecule has 1 aromatic heterocycles. The van der Waals surface area contributed by atoms with Gasteiger partial charge in [-0.3, -0.25) is 5.10 Å². The summed E-state index contributed by atoms with van der Waals surface area (Å²) in [6.07, 6.45) is 0. The van der Waals surface area contributed by atoms with Crippen molar-refractivity contribution < 1.29 is 0 Å². The molecule has 4 nitrogen and oxygen atoms in total. The van der Waals surface area contributed by atoms with E-state index in [2.05, 4.69) is 15.2 Å². The first kappa shape index (κ1) is 13.0. The first-order valence-corrected chi connectivity index (χ1v) is 6.63. The molecule has 3 N–H and O–H groups in total. The predicted molar refractivity (Wildman–Crippen MR) is 81.7 cm³/mol. The molecule has 0 bridgehead atoms. The van der Waals surface area contributed by atoms with E-state index in [-0.39, 0.29) is 0 Å². The molecule has 0 spiro atoms. The fourth-order valence-corrected chi connectivity index (χ4v) is 2.32. The van der Waals surface area contributed by atoms with Crippen LogP contribution >= 0.6 is 23.2 Å². The zero-order valence-corrected chi connectivity index (χ0v) is 11.8. The minimum atomic E-state index is 0.357. The van der Waals surface area contributed by atoms with Crippen LogP contribution in [0.25, 0.3) is 22.8 Å². The molecule has 100 valence electrons. The van der Waals surface area contributed by atoms with Crippen LogP contribution in [0.4, 0.5) is 5.69 Å². The molecule has 0 saturated heterocycles. The molecule has 0 amide bonds. The second-order valence-corrected chi connectivity index (χ2v) is 5.04. The Bertz CT molecular complexity index is 730. The van der Waals surface area contributed by atoms with Crippen molar-refractivity contribution in [2.24, 2.45) is 0 Å². The van der Waals surface area contributed by atoms with E-state index in [4.69, 9.17) is 28.9 Å². The topological polar surface area (TPSA) is 67.6 Å². The molecular weight excluding hydrogens is 295 g/mol. The lowest BCUT2D eigenvalue weighted by Crippen LogP contribution is -1.90. The van der Waals surface area contributed by atoms with E-state index in [9.17, 15) is 0 Å². The molecule has 0 aliphatic heterocycles. The number of nitrogens with zero attached hydrogens (tertiary/aromatic N) is 2. The van der Waals surface area contributed by atoms with E-state index >= 15 is 0 Å². The molecule has 0 radical (unpaired) electrons. The van der Waals surface area contributed by atoms with E-state index < -0.39 is 0 Å². The molecular formula is C14H10Cl2N4. The third-order valence-corrected chi connectivity index (χ3v) is 3.50. The van der Waals surface area contributed by atoms with E-state index in [0.29, 0.717) is 32.9 Å². The summed E-state index contributed by atoms with van der Waals surface area (Å²) >= 11 is 12.0. The lowest BCUT2D eigenvalue weighted by Gasteiger charge is -2.03. The summed E-state index contributed by atoms with van der Waals surface area (Å²) in [5, 5.41) is 7.85. The van der Waals surface area contributed by atoms with Crippen LogP contribution in [-0.4, -0.2) is 15.2 Å². The minimum Gasteiger partial charge on any atom is -0.396 e. The van der Waals surface area contributed by atoms with Gasteiger partial charge in [0, 0.05) is 11.1 Å². The van der Waals surface area contributed by atoms with Crippen LogP contribution < -0.4 is 5.73 Å². The Morgan fingerprint density at radius 1 is 0.950 bits per heavy atom. The molecule has 0 saturated carbocycles. The fourth-order valence-electron chi connectivity index (χ4n) is 1.83. The monoisotopic (exact) mass is 304 g/mol. The van der Waals surface area contributed by atoms with Crippen molar-refractivity contribution in [3.63, 3.8) is 0 Å². The smallest absolute Gasteiger partial charge is 0.181 e. The number of rotatable bonds is 2. The predicted octanol–water partition coefficient (Wildman–Crippen LogP) is 4.03. The summed E-state index contributed by atoms with van der Waals surface area (Å²) in [5.41, 5.74) is 7.74. The van der Waals surface area contributed by atoms with Crippen molar-refractivity contribution in [2.45, 2.75) is 0 Å². The van der Waals surface area contributed by atoms with Gasteiger partial charge < -0.3 is 5.73 Å². The van der Waals surface area contributed by atoms with Gasteiger partial charge in [0.1, 0.15) is 0 Å². The quantitative estimate of drug-likeness (QED) is 0.702. The zero-order chi connectivity index (χ0) is 14.1. The van der Waals surface area contributed by atoms with E-state index in [1.165, 1.54) is 0 Å². The van der Waals surface area contributed by atoms with Gasteiger partial charge in [-0.05, 0) is 12.1 Å². The van der Waals surface area contributed by atoms with Crippen molar-refractivity contribution in [1.82, 2.24) is 15.2 Å². The number of anilines is 1. The lowest BCUT2D eigenvalue weighted by molar-refractivity contribution is 1.10. The number of hydrogen-bond donors (Lipinski definition) is 2. The maximum atomic E-state index is 6.02. The average Bonchev–Trinajstić information content (AvgIpc) is 2.95. The van der Waals surface area contributed by atoms with Gasteiger partial charge in [-0.15, -0.1) is 0 Å². The number of nitrogens with one attached hydrogen (secondary N) is 1. The van der Waals surface area contributed by atoms with Gasteiger partial charge in [-0.2, -0.15) is 5.10 Å². The van der Waals surface area contributed by atoms with Crippen LogP contribution in [-0.2, 0) is 0 Å². The van der Waals surface area contributed by atoms with Crippen molar-refractivity contribution in [3.05, 3.63) is 52.5 Å². The highest BCUT2D eigenvalue weighted by Gasteiger charge is 2.11. The van der Waals surface area contributed by atoms with Crippen molar-refractivity contribution in [3.8, 4) is 22.8 Å². The molecule has 3 aromatic rings. The molecule has 0 aliphatic carbocycles. The normalized spacial score (nSPS) is 10.7. The maximum absolute atomic E-state index is 6.02. The SMILES string of the molecule is Nc1c(Cl)cc(-c2n[nH]c(-c3ccccc3)n2)cc1Cl. The molecule has 0 aliphatic rings. The number of halogens is 2. The third kappa shape index (κ3) is 2.35. The highest BCUT2D eigenvalue weighted by atomic mass is 35.5. The molecule has 0 fully saturated rings. The second-order valence-electron chi connectivity index (χ2n) is 4.23. The van der Waals surface area contributed by atoms with Crippen LogP contribution in [0.5, 0.6) is 0 Å². The van der Waals surface area contributed by atoms with Gasteiger partial charge in [0.2, 0.25) is 0 Å². The third-order valence-electron chi connectivity index (χ3n) is 2.87. The van der Waals surface area contributed by atoms with Crippen LogP contribution in [0, 0.1) is 0 Å². The van der Waals surface area contributed by atoms with E-state index in [0.717, 1.165) is 5.56 Å². The van der Waals surface area contributed by atoms with Crippen LogP contribution in [0.3, 0.4) is 0 Å². The van der Waals surface area contributed by atoms with Crippen molar-refractivity contribution in [1.29, 1.82) is 0 Å². The molecule has 1 heterocycles. The second kappa shape index (κ2) is 5.15. The number of aromatic nitrogens is 3. The summed E-state index contributed by atoms with van der Waals surface area (Å²) in [6, 6.07) is 13.1. The van der Waals surface area contributed by atoms with Gasteiger partial charge in [0.25, 0.3) is 0 Å². The summed E-state index contributed by atoms with van der Waals surface area (Å²) in [4.78, 5) is 4.44. The minimum absolute atomic E-state index is 0.357. The lowest BCUT2D eigenvalue weighted by atomic mass is 10.2. The number of aromatic amines is 1. The van der Waals surface area contributed by atoms with E-state index in [1.54, 1.807) is 12.1 Å². The Hall–Kier alpha value is -2.04. The largest absolute Gasteiger partial charge is 0.396 e. The highest BCUT2D eigenvalue weighted by molar-refractivity contribution is 6.39. The van der Waals surface area contributed by atoms with Crippen molar-refractivity contribution >= 4 is 28.9 Å². The van der Waals surface area contributed by atoms with Crippen LogP contribution in [0.15, 0.2) is 42.5 Å². The first-order valence-electron chi connectivity index (χ1n) is 5.88. The highest BCUT2D eigenvalue weighted by Crippen LogP contribution is 2.32. The zero-order valence-electron chi connectivity index (χ0n) is 10.3. The molecule has 0 unspecified atom stereocenters. The first-order chi connectivity index (χ1) is 9.65. The Morgan fingerprint density at radius 2 is 1.60 bits per heavy atom. The standard InChI is InChI=1S/C14H10Cl2N4/c15-10-6-9(7-11(16)12(10)17)14-18-13(19-20-14)8-4-2-1-3-5-8/h1-7H,17H2,(H,18,19,20). The van der Waals surface area contributed by atoms with Gasteiger partial charge in [0.05, 0.1) is 15.7 Å². The van der Waals surface area contributed by atoms with Gasteiger partial charge >= 0.3 is 0 Å². The number of benzene rings is 2. The maximum Gasteiger partial charge on any atom is 0.181 e. The van der Waals surface area contributed by atoms with Gasteiger partial charge in [0.15, 0.2) is 11.6 Å². The van der Waals surface area contributed by atoms with Crippen molar-refractivity contribution in [2.75, 3.05) is 5.73 Å². The molecule has 3 rings (SSSR count). The fraction of sp³-hybridized carbons (Fsp3) is 0. The average molecular weight is 305 g/mol. The molecule has 2 aromatic carbocycles. The summed E-state index contributed by atoms with van der Waals surface area (Å²) in [5.74, 6) is 1.21.